The molecular formula is C17H18Cl2N2O. The first kappa shape index (κ1) is 15.3. The van der Waals surface area contributed by atoms with E-state index >= 15 is 0 Å². The van der Waals surface area contributed by atoms with E-state index in [1.165, 1.54) is 12.8 Å². The number of rotatable bonds is 4. The first-order valence-corrected chi connectivity index (χ1v) is 8.10. The molecule has 116 valence electrons. The summed E-state index contributed by atoms with van der Waals surface area (Å²) in [6.45, 7) is 2.56. The number of nitrogen functional groups attached to an aromatic ring is 1. The third-order valence-corrected chi connectivity index (χ3v) is 4.55. The number of nitrogens with two attached hydrogens (primary N) is 1. The lowest BCUT2D eigenvalue weighted by Gasteiger charge is -2.21. The molecule has 2 aromatic rings. The van der Waals surface area contributed by atoms with E-state index in [9.17, 15) is 0 Å². The van der Waals surface area contributed by atoms with Gasteiger partial charge in [-0.05, 0) is 42.7 Å². The van der Waals surface area contributed by atoms with Crippen molar-refractivity contribution in [3.63, 3.8) is 0 Å². The van der Waals surface area contributed by atoms with Crippen LogP contribution in [0.25, 0.3) is 0 Å². The third-order valence-electron chi connectivity index (χ3n) is 3.81. The predicted octanol–water partition coefficient (Wildman–Crippen LogP) is 4.75. The molecule has 3 nitrogen and oxygen atoms in total. The number of benzene rings is 2. The Morgan fingerprint density at radius 2 is 1.77 bits per heavy atom. The highest BCUT2D eigenvalue weighted by molar-refractivity contribution is 6.42. The first-order valence-electron chi connectivity index (χ1n) is 7.35. The van der Waals surface area contributed by atoms with Crippen LogP contribution in [0.3, 0.4) is 0 Å². The van der Waals surface area contributed by atoms with Crippen LogP contribution in [0.4, 0.5) is 11.4 Å². The lowest BCUT2D eigenvalue weighted by Crippen LogP contribution is -2.18. The van der Waals surface area contributed by atoms with Crippen molar-refractivity contribution < 1.29 is 4.74 Å². The van der Waals surface area contributed by atoms with Crippen molar-refractivity contribution in [1.29, 1.82) is 0 Å². The minimum atomic E-state index is 0.432. The first-order chi connectivity index (χ1) is 10.6. The molecular weight excluding hydrogens is 319 g/mol. The third kappa shape index (κ3) is 3.42. The van der Waals surface area contributed by atoms with E-state index in [0.717, 1.165) is 30.1 Å². The molecule has 1 saturated heterocycles. The molecule has 1 aliphatic heterocycles. The van der Waals surface area contributed by atoms with Crippen LogP contribution in [0.5, 0.6) is 5.75 Å². The fourth-order valence-corrected chi connectivity index (χ4v) is 2.98. The van der Waals surface area contributed by atoms with E-state index in [1.54, 1.807) is 6.07 Å². The number of nitrogens with zero attached hydrogens (tertiary/aromatic N) is 1. The van der Waals surface area contributed by atoms with E-state index in [2.05, 4.69) is 4.90 Å². The molecule has 0 saturated carbocycles. The minimum absolute atomic E-state index is 0.432. The van der Waals surface area contributed by atoms with Gasteiger partial charge in [0.1, 0.15) is 12.4 Å². The van der Waals surface area contributed by atoms with Crippen molar-refractivity contribution in [2.24, 2.45) is 0 Å². The highest BCUT2D eigenvalue weighted by Crippen LogP contribution is 2.33. The molecule has 0 aliphatic carbocycles. The highest BCUT2D eigenvalue weighted by Gasteiger charge is 2.17. The Bertz CT molecular complexity index is 670. The SMILES string of the molecule is Nc1ccc(N2CCCC2)c(OCc2ccc(Cl)c(Cl)c2)c1. The molecule has 5 heteroatoms. The van der Waals surface area contributed by atoms with E-state index in [4.69, 9.17) is 33.7 Å². The molecule has 0 spiro atoms. The summed E-state index contributed by atoms with van der Waals surface area (Å²) in [7, 11) is 0. The van der Waals surface area contributed by atoms with Gasteiger partial charge in [-0.1, -0.05) is 29.3 Å². The summed E-state index contributed by atoms with van der Waals surface area (Å²) in [5.74, 6) is 0.813. The number of hydrogen-bond donors (Lipinski definition) is 1. The molecule has 22 heavy (non-hydrogen) atoms. The van der Waals surface area contributed by atoms with Gasteiger partial charge in [-0.15, -0.1) is 0 Å². The van der Waals surface area contributed by atoms with Gasteiger partial charge in [-0.2, -0.15) is 0 Å². The van der Waals surface area contributed by atoms with E-state index in [0.29, 0.717) is 22.3 Å². The monoisotopic (exact) mass is 336 g/mol. The zero-order chi connectivity index (χ0) is 15.5. The molecule has 0 radical (unpaired) electrons. The van der Waals surface area contributed by atoms with Crippen LogP contribution in [0, 0.1) is 0 Å². The van der Waals surface area contributed by atoms with Gasteiger partial charge < -0.3 is 15.4 Å². The van der Waals surface area contributed by atoms with E-state index in [1.807, 2.05) is 30.3 Å². The average Bonchev–Trinajstić information content (AvgIpc) is 3.03. The Balaban J connectivity index is 1.78. The van der Waals surface area contributed by atoms with Crippen LogP contribution in [-0.2, 0) is 6.61 Å². The molecule has 0 unspecified atom stereocenters. The van der Waals surface area contributed by atoms with Gasteiger partial charge in [0, 0.05) is 24.8 Å². The van der Waals surface area contributed by atoms with Crippen LogP contribution in [0.2, 0.25) is 10.0 Å². The molecule has 0 bridgehead atoms. The Morgan fingerprint density at radius 3 is 2.50 bits per heavy atom. The summed E-state index contributed by atoms with van der Waals surface area (Å²) in [5.41, 5.74) is 8.68. The Labute approximate surface area is 140 Å². The van der Waals surface area contributed by atoms with Crippen molar-refractivity contribution in [1.82, 2.24) is 0 Å². The van der Waals surface area contributed by atoms with Gasteiger partial charge in [0.05, 0.1) is 15.7 Å². The fourth-order valence-electron chi connectivity index (χ4n) is 2.66. The number of hydrogen-bond acceptors (Lipinski definition) is 3. The van der Waals surface area contributed by atoms with Gasteiger partial charge in [0.15, 0.2) is 0 Å². The maximum atomic E-state index is 6.04. The number of anilines is 2. The molecule has 3 rings (SSSR count). The van der Waals surface area contributed by atoms with Crippen LogP contribution >= 0.6 is 23.2 Å². The van der Waals surface area contributed by atoms with Gasteiger partial charge in [-0.25, -0.2) is 0 Å². The Kier molecular flexibility index (Phi) is 4.65. The predicted molar refractivity (Wildman–Crippen MR) is 93.1 cm³/mol. The molecule has 0 aromatic heterocycles. The zero-order valence-corrected chi connectivity index (χ0v) is 13.7. The maximum absolute atomic E-state index is 6.04. The van der Waals surface area contributed by atoms with Crippen molar-refractivity contribution >= 4 is 34.6 Å². The second-order valence-electron chi connectivity index (χ2n) is 5.46. The Hall–Kier alpha value is -1.58. The van der Waals surface area contributed by atoms with Crippen molar-refractivity contribution in [3.8, 4) is 5.75 Å². The van der Waals surface area contributed by atoms with Crippen molar-refractivity contribution in [2.75, 3.05) is 23.7 Å². The standard InChI is InChI=1S/C17H18Cl2N2O/c18-14-5-3-12(9-15(14)19)11-22-17-10-13(20)4-6-16(17)21-7-1-2-8-21/h3-6,9-10H,1-2,7-8,11,20H2. The maximum Gasteiger partial charge on any atom is 0.145 e. The highest BCUT2D eigenvalue weighted by atomic mass is 35.5. The number of ether oxygens (including phenoxy) is 1. The minimum Gasteiger partial charge on any atom is -0.487 e. The normalized spacial score (nSPS) is 14.4. The summed E-state index contributed by atoms with van der Waals surface area (Å²) in [4.78, 5) is 2.34. The molecule has 2 aromatic carbocycles. The van der Waals surface area contributed by atoms with Gasteiger partial charge in [-0.3, -0.25) is 0 Å². The smallest absolute Gasteiger partial charge is 0.145 e. The van der Waals surface area contributed by atoms with Crippen molar-refractivity contribution in [2.45, 2.75) is 19.4 Å². The molecule has 0 amide bonds. The zero-order valence-electron chi connectivity index (χ0n) is 12.2. The summed E-state index contributed by atoms with van der Waals surface area (Å²) >= 11 is 12.0. The summed E-state index contributed by atoms with van der Waals surface area (Å²) in [6, 6.07) is 11.3. The molecule has 2 N–H and O–H groups in total. The Morgan fingerprint density at radius 1 is 1.00 bits per heavy atom. The summed E-state index contributed by atoms with van der Waals surface area (Å²) in [5, 5.41) is 1.09. The summed E-state index contributed by atoms with van der Waals surface area (Å²) in [6.07, 6.45) is 2.44. The van der Waals surface area contributed by atoms with E-state index in [-0.39, 0.29) is 0 Å². The second kappa shape index (κ2) is 6.67. The summed E-state index contributed by atoms with van der Waals surface area (Å²) < 4.78 is 5.99. The quantitative estimate of drug-likeness (QED) is 0.818. The topological polar surface area (TPSA) is 38.5 Å². The van der Waals surface area contributed by atoms with Crippen LogP contribution in [0.1, 0.15) is 18.4 Å². The van der Waals surface area contributed by atoms with Crippen molar-refractivity contribution in [3.05, 3.63) is 52.0 Å². The van der Waals surface area contributed by atoms with E-state index < -0.39 is 0 Å². The van der Waals surface area contributed by atoms with Crippen LogP contribution in [-0.4, -0.2) is 13.1 Å². The molecule has 1 heterocycles. The lowest BCUT2D eigenvalue weighted by atomic mass is 10.2. The second-order valence-corrected chi connectivity index (χ2v) is 6.27. The van der Waals surface area contributed by atoms with Crippen LogP contribution in [0.15, 0.2) is 36.4 Å². The van der Waals surface area contributed by atoms with Gasteiger partial charge in [0.2, 0.25) is 0 Å². The largest absolute Gasteiger partial charge is 0.487 e. The van der Waals surface area contributed by atoms with Gasteiger partial charge in [0.25, 0.3) is 0 Å². The molecule has 1 aliphatic rings. The molecule has 0 atom stereocenters. The number of halogens is 2. The fraction of sp³-hybridized carbons (Fsp3) is 0.294. The van der Waals surface area contributed by atoms with Crippen LogP contribution < -0.4 is 15.4 Å². The lowest BCUT2D eigenvalue weighted by molar-refractivity contribution is 0.307. The average molecular weight is 337 g/mol. The molecule has 1 fully saturated rings. The van der Waals surface area contributed by atoms with Gasteiger partial charge >= 0.3 is 0 Å².